The van der Waals surface area contributed by atoms with Crippen molar-refractivity contribution in [3.05, 3.63) is 29.8 Å². The van der Waals surface area contributed by atoms with Crippen molar-refractivity contribution >= 4 is 0 Å². The van der Waals surface area contributed by atoms with E-state index in [-0.39, 0.29) is 6.04 Å². The van der Waals surface area contributed by atoms with Crippen molar-refractivity contribution in [2.45, 2.75) is 19.4 Å². The van der Waals surface area contributed by atoms with Crippen LogP contribution in [0.2, 0.25) is 0 Å². The van der Waals surface area contributed by atoms with E-state index in [1.54, 1.807) is 0 Å². The molecule has 0 radical (unpaired) electrons. The van der Waals surface area contributed by atoms with Gasteiger partial charge in [0.2, 0.25) is 0 Å². The fourth-order valence-corrected chi connectivity index (χ4v) is 2.15. The molecule has 0 spiro atoms. The van der Waals surface area contributed by atoms with Crippen molar-refractivity contribution in [3.8, 4) is 5.75 Å². The minimum atomic E-state index is -0.0852. The number of hydrogen-bond acceptors (Lipinski definition) is 4. The number of benzene rings is 1. The van der Waals surface area contributed by atoms with Gasteiger partial charge in [0, 0.05) is 12.5 Å². The molecule has 4 heteroatoms. The van der Waals surface area contributed by atoms with Crippen LogP contribution < -0.4 is 10.5 Å². The lowest BCUT2D eigenvalue weighted by molar-refractivity contribution is 0.0808. The molecule has 1 heterocycles. The summed E-state index contributed by atoms with van der Waals surface area (Å²) < 4.78 is 16.4. The first-order chi connectivity index (χ1) is 9.29. The Balaban J connectivity index is 1.73. The molecule has 2 N–H and O–H groups in total. The van der Waals surface area contributed by atoms with E-state index in [2.05, 4.69) is 0 Å². The first-order valence-corrected chi connectivity index (χ1v) is 6.93. The summed E-state index contributed by atoms with van der Waals surface area (Å²) in [5.74, 6) is 1.41. The van der Waals surface area contributed by atoms with E-state index in [4.69, 9.17) is 19.9 Å². The number of hydrogen-bond donors (Lipinski definition) is 1. The van der Waals surface area contributed by atoms with Crippen LogP contribution in [0.3, 0.4) is 0 Å². The van der Waals surface area contributed by atoms with Gasteiger partial charge >= 0.3 is 0 Å². The summed E-state index contributed by atoms with van der Waals surface area (Å²) in [5.41, 5.74) is 7.18. The van der Waals surface area contributed by atoms with Gasteiger partial charge in [0.05, 0.1) is 32.5 Å². The Bertz CT molecular complexity index is 360. The van der Waals surface area contributed by atoms with Crippen LogP contribution in [0.5, 0.6) is 5.75 Å². The third kappa shape index (κ3) is 4.49. The molecule has 2 unspecified atom stereocenters. The summed E-state index contributed by atoms with van der Waals surface area (Å²) in [5, 5.41) is 0. The lowest BCUT2D eigenvalue weighted by Crippen LogP contribution is -2.20. The average molecular weight is 265 g/mol. The van der Waals surface area contributed by atoms with Crippen molar-refractivity contribution in [2.75, 3.05) is 33.0 Å². The highest BCUT2D eigenvalue weighted by Gasteiger charge is 2.16. The van der Waals surface area contributed by atoms with Gasteiger partial charge in [-0.2, -0.15) is 0 Å². The molecular formula is C15H23NO3. The van der Waals surface area contributed by atoms with E-state index in [1.807, 2.05) is 31.2 Å². The molecule has 106 valence electrons. The molecule has 1 aromatic rings. The first-order valence-electron chi connectivity index (χ1n) is 6.93. The minimum absolute atomic E-state index is 0.0852. The van der Waals surface area contributed by atoms with Gasteiger partial charge in [0.15, 0.2) is 0 Å². The van der Waals surface area contributed by atoms with Crippen molar-refractivity contribution in [1.82, 2.24) is 0 Å². The van der Waals surface area contributed by atoms with Gasteiger partial charge in [0.25, 0.3) is 0 Å². The maximum atomic E-state index is 6.11. The molecule has 1 saturated heterocycles. The lowest BCUT2D eigenvalue weighted by Gasteiger charge is -2.15. The monoisotopic (exact) mass is 265 g/mol. The fraction of sp³-hybridized carbons (Fsp3) is 0.600. The normalized spacial score (nSPS) is 20.4. The standard InChI is InChI=1S/C15H23NO3/c1-2-19-14-5-3-13(4-6-14)15(16)11-18-10-12-7-8-17-9-12/h3-6,12,15H,2,7-11,16H2,1H3. The summed E-state index contributed by atoms with van der Waals surface area (Å²) in [4.78, 5) is 0. The molecule has 1 aliphatic rings. The summed E-state index contributed by atoms with van der Waals surface area (Å²) in [7, 11) is 0. The quantitative estimate of drug-likeness (QED) is 0.820. The molecule has 0 saturated carbocycles. The second-order valence-electron chi connectivity index (χ2n) is 4.88. The van der Waals surface area contributed by atoms with Crippen LogP contribution in [0.4, 0.5) is 0 Å². The van der Waals surface area contributed by atoms with Crippen molar-refractivity contribution in [2.24, 2.45) is 11.7 Å². The predicted octanol–water partition coefficient (Wildman–Crippen LogP) is 2.14. The topological polar surface area (TPSA) is 53.7 Å². The van der Waals surface area contributed by atoms with Crippen LogP contribution in [-0.2, 0) is 9.47 Å². The molecule has 2 rings (SSSR count). The molecule has 1 aliphatic heterocycles. The molecule has 4 nitrogen and oxygen atoms in total. The molecule has 0 aromatic heterocycles. The second kappa shape index (κ2) is 7.48. The summed E-state index contributed by atoms with van der Waals surface area (Å²) in [6, 6.07) is 7.81. The van der Waals surface area contributed by atoms with Crippen LogP contribution in [0.1, 0.15) is 24.9 Å². The molecule has 1 fully saturated rings. The van der Waals surface area contributed by atoms with Gasteiger partial charge in [-0.05, 0) is 31.0 Å². The van der Waals surface area contributed by atoms with E-state index >= 15 is 0 Å². The average Bonchev–Trinajstić information content (AvgIpc) is 2.93. The molecule has 0 amide bonds. The van der Waals surface area contributed by atoms with Gasteiger partial charge in [-0.3, -0.25) is 0 Å². The number of ether oxygens (including phenoxy) is 3. The summed E-state index contributed by atoms with van der Waals surface area (Å²) >= 11 is 0. The van der Waals surface area contributed by atoms with Gasteiger partial charge in [-0.15, -0.1) is 0 Å². The van der Waals surface area contributed by atoms with Crippen molar-refractivity contribution in [3.63, 3.8) is 0 Å². The Hall–Kier alpha value is -1.10. The van der Waals surface area contributed by atoms with E-state index < -0.39 is 0 Å². The summed E-state index contributed by atoms with van der Waals surface area (Å²) in [6.45, 7) is 5.62. The zero-order chi connectivity index (χ0) is 13.5. The molecular weight excluding hydrogens is 242 g/mol. The number of nitrogens with two attached hydrogens (primary N) is 1. The molecule has 2 atom stereocenters. The highest BCUT2D eigenvalue weighted by molar-refractivity contribution is 5.29. The molecule has 0 bridgehead atoms. The van der Waals surface area contributed by atoms with Gasteiger partial charge in [-0.25, -0.2) is 0 Å². The Morgan fingerprint density at radius 2 is 2.16 bits per heavy atom. The minimum Gasteiger partial charge on any atom is -0.494 e. The molecule has 0 aliphatic carbocycles. The Morgan fingerprint density at radius 3 is 2.79 bits per heavy atom. The largest absolute Gasteiger partial charge is 0.494 e. The SMILES string of the molecule is CCOc1ccc(C(N)COCC2CCOC2)cc1. The van der Waals surface area contributed by atoms with E-state index in [1.165, 1.54) is 0 Å². The zero-order valence-corrected chi connectivity index (χ0v) is 11.5. The highest BCUT2D eigenvalue weighted by Crippen LogP contribution is 2.18. The van der Waals surface area contributed by atoms with Gasteiger partial charge < -0.3 is 19.9 Å². The van der Waals surface area contributed by atoms with Crippen LogP contribution in [0.25, 0.3) is 0 Å². The van der Waals surface area contributed by atoms with E-state index in [9.17, 15) is 0 Å². The first kappa shape index (κ1) is 14.3. The van der Waals surface area contributed by atoms with Crippen LogP contribution in [0, 0.1) is 5.92 Å². The van der Waals surface area contributed by atoms with E-state index in [0.717, 1.165) is 37.6 Å². The lowest BCUT2D eigenvalue weighted by atomic mass is 10.1. The number of rotatable bonds is 7. The third-order valence-electron chi connectivity index (χ3n) is 3.29. The highest BCUT2D eigenvalue weighted by atomic mass is 16.5. The predicted molar refractivity (Wildman–Crippen MR) is 74.3 cm³/mol. The van der Waals surface area contributed by atoms with E-state index in [0.29, 0.717) is 19.1 Å². The van der Waals surface area contributed by atoms with Gasteiger partial charge in [-0.1, -0.05) is 12.1 Å². The maximum Gasteiger partial charge on any atom is 0.119 e. The van der Waals surface area contributed by atoms with Crippen LogP contribution >= 0.6 is 0 Å². The van der Waals surface area contributed by atoms with Crippen LogP contribution in [-0.4, -0.2) is 33.0 Å². The maximum absolute atomic E-state index is 6.11. The zero-order valence-electron chi connectivity index (χ0n) is 11.5. The van der Waals surface area contributed by atoms with Crippen LogP contribution in [0.15, 0.2) is 24.3 Å². The summed E-state index contributed by atoms with van der Waals surface area (Å²) in [6.07, 6.45) is 1.10. The molecule has 1 aromatic carbocycles. The molecule has 19 heavy (non-hydrogen) atoms. The second-order valence-corrected chi connectivity index (χ2v) is 4.88. The third-order valence-corrected chi connectivity index (χ3v) is 3.29. The van der Waals surface area contributed by atoms with Gasteiger partial charge in [0.1, 0.15) is 5.75 Å². The van der Waals surface area contributed by atoms with Crippen molar-refractivity contribution in [1.29, 1.82) is 0 Å². The fourth-order valence-electron chi connectivity index (χ4n) is 2.15. The smallest absolute Gasteiger partial charge is 0.119 e. The Morgan fingerprint density at radius 1 is 1.37 bits per heavy atom. The Kier molecular flexibility index (Phi) is 5.63. The van der Waals surface area contributed by atoms with Crippen molar-refractivity contribution < 1.29 is 14.2 Å². The Labute approximate surface area is 114 Å².